The summed E-state index contributed by atoms with van der Waals surface area (Å²) < 4.78 is 0. The fourth-order valence-corrected chi connectivity index (χ4v) is 3.81. The maximum atomic E-state index is 12.9. The van der Waals surface area contributed by atoms with Crippen LogP contribution < -0.4 is 4.90 Å². The highest BCUT2D eigenvalue weighted by molar-refractivity contribution is 7.99. The van der Waals surface area contributed by atoms with Crippen LogP contribution in [0.15, 0.2) is 94.7 Å². The number of anilines is 2. The van der Waals surface area contributed by atoms with Crippen LogP contribution in [0.2, 0.25) is 0 Å². The Labute approximate surface area is 145 Å². The van der Waals surface area contributed by atoms with Crippen LogP contribution in [0.5, 0.6) is 0 Å². The first kappa shape index (κ1) is 14.8. The molecule has 0 saturated carbocycles. The van der Waals surface area contributed by atoms with Crippen molar-refractivity contribution in [3.63, 3.8) is 0 Å². The normalized spacial score (nSPS) is 12.8. The van der Waals surface area contributed by atoms with E-state index in [1.807, 2.05) is 72.8 Å². The predicted molar refractivity (Wildman–Crippen MR) is 99.6 cm³/mol. The Kier molecular flexibility index (Phi) is 3.93. The number of hydrogen-bond donors (Lipinski definition) is 0. The van der Waals surface area contributed by atoms with E-state index >= 15 is 0 Å². The zero-order valence-electron chi connectivity index (χ0n) is 12.9. The van der Waals surface area contributed by atoms with Crippen LogP contribution in [0.4, 0.5) is 11.4 Å². The van der Waals surface area contributed by atoms with Gasteiger partial charge in [0.15, 0.2) is 0 Å². The van der Waals surface area contributed by atoms with Crippen LogP contribution in [0.3, 0.4) is 0 Å². The summed E-state index contributed by atoms with van der Waals surface area (Å²) in [4.78, 5) is 16.9. The fraction of sp³-hybridized carbons (Fsp3) is 0. The molecule has 0 saturated heterocycles. The molecule has 0 aromatic heterocycles. The molecule has 3 aromatic carbocycles. The molecule has 0 spiro atoms. The number of carbonyl (C=O) groups excluding carboxylic acids is 1. The summed E-state index contributed by atoms with van der Waals surface area (Å²) in [5.41, 5.74) is 2.88. The van der Waals surface area contributed by atoms with E-state index < -0.39 is 0 Å². The molecule has 2 nitrogen and oxygen atoms in total. The topological polar surface area (TPSA) is 20.3 Å². The minimum absolute atomic E-state index is 0.0425. The van der Waals surface area contributed by atoms with Crippen LogP contribution >= 0.6 is 11.8 Å². The van der Waals surface area contributed by atoms with Crippen molar-refractivity contribution in [2.24, 2.45) is 0 Å². The van der Waals surface area contributed by atoms with Gasteiger partial charge in [-0.3, -0.25) is 9.69 Å². The van der Waals surface area contributed by atoms with Gasteiger partial charge >= 0.3 is 0 Å². The molecule has 0 radical (unpaired) electrons. The number of nitrogens with zero attached hydrogens (tertiary/aromatic N) is 1. The molecule has 24 heavy (non-hydrogen) atoms. The summed E-state index contributed by atoms with van der Waals surface area (Å²) >= 11 is 1.70. The lowest BCUT2D eigenvalue weighted by Gasteiger charge is -2.30. The van der Waals surface area contributed by atoms with Gasteiger partial charge in [-0.2, -0.15) is 0 Å². The SMILES string of the molecule is O=C(/C=C/c1ccccc1)N1c2ccccc2Sc2ccccc21. The number of rotatable bonds is 2. The second kappa shape index (κ2) is 6.38. The lowest BCUT2D eigenvalue weighted by molar-refractivity contribution is -0.113. The lowest BCUT2D eigenvalue weighted by Crippen LogP contribution is -2.26. The van der Waals surface area contributed by atoms with Crippen molar-refractivity contribution >= 4 is 35.1 Å². The lowest BCUT2D eigenvalue weighted by atomic mass is 10.2. The first-order valence-electron chi connectivity index (χ1n) is 7.76. The molecule has 1 aliphatic heterocycles. The number of fused-ring (bicyclic) bond motifs is 2. The second-order valence-electron chi connectivity index (χ2n) is 5.46. The Bertz CT molecular complexity index is 872. The van der Waals surface area contributed by atoms with Gasteiger partial charge in [-0.05, 0) is 35.9 Å². The molecule has 3 aromatic rings. The molecule has 0 unspecified atom stereocenters. The number of carbonyl (C=O) groups is 1. The van der Waals surface area contributed by atoms with Gasteiger partial charge in [0.05, 0.1) is 11.4 Å². The molecule has 3 heteroatoms. The first-order valence-corrected chi connectivity index (χ1v) is 8.58. The summed E-state index contributed by atoms with van der Waals surface area (Å²) in [6.07, 6.45) is 3.49. The largest absolute Gasteiger partial charge is 0.275 e. The summed E-state index contributed by atoms with van der Waals surface area (Å²) in [6, 6.07) is 25.9. The summed E-state index contributed by atoms with van der Waals surface area (Å²) in [6.45, 7) is 0. The molecule has 0 N–H and O–H groups in total. The quantitative estimate of drug-likeness (QED) is 0.576. The van der Waals surface area contributed by atoms with Gasteiger partial charge in [-0.1, -0.05) is 66.4 Å². The van der Waals surface area contributed by atoms with E-state index in [1.54, 1.807) is 22.7 Å². The van der Waals surface area contributed by atoms with Crippen molar-refractivity contribution in [2.75, 3.05) is 4.90 Å². The minimum Gasteiger partial charge on any atom is -0.275 e. The van der Waals surface area contributed by atoms with E-state index in [-0.39, 0.29) is 5.91 Å². The van der Waals surface area contributed by atoms with Crippen molar-refractivity contribution in [3.8, 4) is 0 Å². The smallest absolute Gasteiger partial charge is 0.255 e. The third-order valence-electron chi connectivity index (χ3n) is 3.87. The molecule has 1 aliphatic rings. The zero-order valence-corrected chi connectivity index (χ0v) is 13.7. The standard InChI is InChI=1S/C21H15NOS/c23-21(15-14-16-8-2-1-3-9-16)22-17-10-4-6-12-19(17)24-20-13-7-5-11-18(20)22/h1-15H/b15-14+. The molecule has 1 heterocycles. The van der Waals surface area contributed by atoms with Crippen LogP contribution in [-0.2, 0) is 4.79 Å². The fourth-order valence-electron chi connectivity index (χ4n) is 2.75. The van der Waals surface area contributed by atoms with Crippen molar-refractivity contribution < 1.29 is 4.79 Å². The van der Waals surface area contributed by atoms with Gasteiger partial charge < -0.3 is 0 Å². The van der Waals surface area contributed by atoms with Crippen molar-refractivity contribution in [1.82, 2.24) is 0 Å². The molecule has 116 valence electrons. The van der Waals surface area contributed by atoms with Gasteiger partial charge in [0, 0.05) is 15.9 Å². The van der Waals surface area contributed by atoms with Crippen LogP contribution in [0.1, 0.15) is 5.56 Å². The minimum atomic E-state index is -0.0425. The Balaban J connectivity index is 1.74. The van der Waals surface area contributed by atoms with Gasteiger partial charge in [-0.15, -0.1) is 0 Å². The highest BCUT2D eigenvalue weighted by atomic mass is 32.2. The van der Waals surface area contributed by atoms with Crippen molar-refractivity contribution in [3.05, 3.63) is 90.5 Å². The number of hydrogen-bond acceptors (Lipinski definition) is 2. The Hall–Kier alpha value is -2.78. The van der Waals surface area contributed by atoms with E-state index in [4.69, 9.17) is 0 Å². The van der Waals surface area contributed by atoms with Crippen molar-refractivity contribution in [2.45, 2.75) is 9.79 Å². The first-order chi connectivity index (χ1) is 11.8. The van der Waals surface area contributed by atoms with E-state index in [1.165, 1.54) is 0 Å². The molecule has 0 atom stereocenters. The van der Waals surface area contributed by atoms with Gasteiger partial charge in [0.25, 0.3) is 5.91 Å². The molecule has 4 rings (SSSR count). The van der Waals surface area contributed by atoms with Gasteiger partial charge in [0.1, 0.15) is 0 Å². The van der Waals surface area contributed by atoms with Gasteiger partial charge in [-0.25, -0.2) is 0 Å². The van der Waals surface area contributed by atoms with Gasteiger partial charge in [0.2, 0.25) is 0 Å². The Morgan fingerprint density at radius 2 is 1.29 bits per heavy atom. The second-order valence-corrected chi connectivity index (χ2v) is 6.54. The molecule has 0 aliphatic carbocycles. The van der Waals surface area contributed by atoms with Crippen molar-refractivity contribution in [1.29, 1.82) is 0 Å². The third kappa shape index (κ3) is 2.74. The summed E-state index contributed by atoms with van der Waals surface area (Å²) in [7, 11) is 0. The molecular weight excluding hydrogens is 314 g/mol. The summed E-state index contributed by atoms with van der Waals surface area (Å²) in [5, 5.41) is 0. The highest BCUT2D eigenvalue weighted by Gasteiger charge is 2.26. The Morgan fingerprint density at radius 1 is 0.750 bits per heavy atom. The Morgan fingerprint density at radius 3 is 1.92 bits per heavy atom. The maximum absolute atomic E-state index is 12.9. The van der Waals surface area contributed by atoms with E-state index in [0.717, 1.165) is 26.7 Å². The predicted octanol–water partition coefficient (Wildman–Crippen LogP) is 5.53. The number of amides is 1. The average molecular weight is 329 g/mol. The van der Waals surface area contributed by atoms with E-state index in [9.17, 15) is 4.79 Å². The van der Waals surface area contributed by atoms with Crippen LogP contribution in [0, 0.1) is 0 Å². The molecular formula is C21H15NOS. The maximum Gasteiger partial charge on any atom is 0.255 e. The molecule has 0 fully saturated rings. The summed E-state index contributed by atoms with van der Waals surface area (Å²) in [5.74, 6) is -0.0425. The number of benzene rings is 3. The number of para-hydroxylation sites is 2. The van der Waals surface area contributed by atoms with Crippen LogP contribution in [-0.4, -0.2) is 5.91 Å². The highest BCUT2D eigenvalue weighted by Crippen LogP contribution is 2.47. The third-order valence-corrected chi connectivity index (χ3v) is 5.00. The average Bonchev–Trinajstić information content (AvgIpc) is 2.65. The van der Waals surface area contributed by atoms with E-state index in [2.05, 4.69) is 12.1 Å². The molecule has 0 bridgehead atoms. The van der Waals surface area contributed by atoms with Crippen LogP contribution in [0.25, 0.3) is 6.08 Å². The monoisotopic (exact) mass is 329 g/mol. The zero-order chi connectivity index (χ0) is 16.4. The van der Waals surface area contributed by atoms with E-state index in [0.29, 0.717) is 0 Å². The molecule has 1 amide bonds.